The number of piperidine rings is 1. The highest BCUT2D eigenvalue weighted by Gasteiger charge is 2.49. The molecule has 1 atom stereocenters. The van der Waals surface area contributed by atoms with Crippen LogP contribution in [0.3, 0.4) is 0 Å². The Bertz CT molecular complexity index is 376. The minimum atomic E-state index is -2.92. The molecule has 2 rings (SSSR count). The largest absolute Gasteiger partial charge is 0.449 e. The normalized spacial score (nSPS) is 26.9. The molecule has 0 aliphatic carbocycles. The SMILES string of the molecule is CCCCOC(=O)N1CCC(N2CCN(N)CC2)C(F)(F)C1. The predicted molar refractivity (Wildman–Crippen MR) is 78.5 cm³/mol. The lowest BCUT2D eigenvalue weighted by Gasteiger charge is -2.45. The fourth-order valence-electron chi connectivity index (χ4n) is 2.98. The molecular formula is C14H26F2N4O2. The van der Waals surface area contributed by atoms with Crippen molar-refractivity contribution in [1.29, 1.82) is 0 Å². The summed E-state index contributed by atoms with van der Waals surface area (Å²) >= 11 is 0. The van der Waals surface area contributed by atoms with Gasteiger partial charge < -0.3 is 9.64 Å². The van der Waals surface area contributed by atoms with Crippen LogP contribution in [-0.2, 0) is 4.74 Å². The monoisotopic (exact) mass is 320 g/mol. The molecule has 2 aliphatic rings. The van der Waals surface area contributed by atoms with Crippen molar-refractivity contribution in [3.05, 3.63) is 0 Å². The standard InChI is InChI=1S/C14H26F2N4O2/c1-2-3-10-22-13(21)19-5-4-12(14(15,16)11-19)18-6-8-20(17)9-7-18/h12H,2-11,17H2,1H3. The first-order chi connectivity index (χ1) is 10.4. The Kier molecular flexibility index (Phi) is 5.94. The molecule has 2 heterocycles. The van der Waals surface area contributed by atoms with E-state index in [1.165, 1.54) is 0 Å². The summed E-state index contributed by atoms with van der Waals surface area (Å²) in [5.74, 6) is 2.75. The molecule has 2 N–H and O–H groups in total. The molecule has 0 aromatic heterocycles. The number of alkyl halides is 2. The van der Waals surface area contributed by atoms with Crippen LogP contribution < -0.4 is 5.84 Å². The molecule has 1 unspecified atom stereocenters. The van der Waals surface area contributed by atoms with Gasteiger partial charge in [0.2, 0.25) is 0 Å². The van der Waals surface area contributed by atoms with Gasteiger partial charge in [0, 0.05) is 32.7 Å². The molecule has 0 aromatic carbocycles. The van der Waals surface area contributed by atoms with Gasteiger partial charge in [-0.05, 0) is 12.8 Å². The molecule has 22 heavy (non-hydrogen) atoms. The molecule has 0 saturated carbocycles. The number of rotatable bonds is 4. The van der Waals surface area contributed by atoms with Gasteiger partial charge in [-0.25, -0.2) is 18.6 Å². The molecule has 8 heteroatoms. The van der Waals surface area contributed by atoms with Crippen LogP contribution in [0.15, 0.2) is 0 Å². The van der Waals surface area contributed by atoms with Crippen LogP contribution in [0.5, 0.6) is 0 Å². The predicted octanol–water partition coefficient (Wildman–Crippen LogP) is 1.12. The second-order valence-electron chi connectivity index (χ2n) is 6.03. The van der Waals surface area contributed by atoms with E-state index in [4.69, 9.17) is 10.6 Å². The van der Waals surface area contributed by atoms with Crippen LogP contribution >= 0.6 is 0 Å². The van der Waals surface area contributed by atoms with E-state index < -0.39 is 24.6 Å². The average molecular weight is 320 g/mol. The summed E-state index contributed by atoms with van der Waals surface area (Å²) in [5.41, 5.74) is 0. The van der Waals surface area contributed by atoms with Crippen LogP contribution in [0.25, 0.3) is 0 Å². The van der Waals surface area contributed by atoms with Gasteiger partial charge in [0.05, 0.1) is 19.2 Å². The van der Waals surface area contributed by atoms with Gasteiger partial charge in [-0.1, -0.05) is 13.3 Å². The molecule has 2 fully saturated rings. The third-order valence-corrected chi connectivity index (χ3v) is 4.33. The lowest BCUT2D eigenvalue weighted by Crippen LogP contribution is -2.63. The third-order valence-electron chi connectivity index (χ3n) is 4.33. The lowest BCUT2D eigenvalue weighted by atomic mass is 9.98. The van der Waals surface area contributed by atoms with Crippen LogP contribution in [-0.4, -0.2) is 78.7 Å². The number of ether oxygens (including phenoxy) is 1. The van der Waals surface area contributed by atoms with Gasteiger partial charge in [0.25, 0.3) is 5.92 Å². The first-order valence-electron chi connectivity index (χ1n) is 7.97. The number of nitrogens with two attached hydrogens (primary N) is 1. The van der Waals surface area contributed by atoms with Crippen molar-refractivity contribution in [1.82, 2.24) is 14.8 Å². The van der Waals surface area contributed by atoms with Crippen molar-refractivity contribution in [2.75, 3.05) is 45.9 Å². The van der Waals surface area contributed by atoms with E-state index in [-0.39, 0.29) is 6.42 Å². The molecule has 128 valence electrons. The Balaban J connectivity index is 1.87. The van der Waals surface area contributed by atoms with Crippen molar-refractivity contribution in [2.45, 2.75) is 38.2 Å². The number of hydrazine groups is 1. The minimum absolute atomic E-state index is 0.264. The zero-order valence-electron chi connectivity index (χ0n) is 13.1. The smallest absolute Gasteiger partial charge is 0.409 e. The van der Waals surface area contributed by atoms with Gasteiger partial charge in [0.1, 0.15) is 0 Å². The van der Waals surface area contributed by atoms with Crippen molar-refractivity contribution >= 4 is 6.09 Å². The van der Waals surface area contributed by atoms with Crippen molar-refractivity contribution in [2.24, 2.45) is 5.84 Å². The molecule has 0 radical (unpaired) electrons. The Morgan fingerprint density at radius 2 is 1.95 bits per heavy atom. The van der Waals surface area contributed by atoms with Gasteiger partial charge in [0.15, 0.2) is 0 Å². The van der Waals surface area contributed by atoms with E-state index in [0.717, 1.165) is 17.7 Å². The number of hydrogen-bond acceptors (Lipinski definition) is 5. The summed E-state index contributed by atoms with van der Waals surface area (Å²) in [6, 6.07) is -0.819. The zero-order valence-corrected chi connectivity index (χ0v) is 13.1. The van der Waals surface area contributed by atoms with Gasteiger partial charge in [-0.2, -0.15) is 0 Å². The van der Waals surface area contributed by atoms with E-state index in [9.17, 15) is 13.6 Å². The maximum Gasteiger partial charge on any atom is 0.409 e. The Labute approximate surface area is 130 Å². The lowest BCUT2D eigenvalue weighted by molar-refractivity contribution is -0.129. The Hall–Kier alpha value is -0.990. The van der Waals surface area contributed by atoms with E-state index in [0.29, 0.717) is 39.3 Å². The van der Waals surface area contributed by atoms with Gasteiger partial charge in [-0.15, -0.1) is 0 Å². The third kappa shape index (κ3) is 4.27. The second-order valence-corrected chi connectivity index (χ2v) is 6.03. The number of unbranched alkanes of at least 4 members (excludes halogenated alkanes) is 1. The first kappa shape index (κ1) is 17.4. The second kappa shape index (κ2) is 7.52. The molecular weight excluding hydrogens is 294 g/mol. The van der Waals surface area contributed by atoms with E-state index in [1.807, 2.05) is 6.92 Å². The zero-order chi connectivity index (χ0) is 16.2. The first-order valence-corrected chi connectivity index (χ1v) is 7.97. The quantitative estimate of drug-likeness (QED) is 0.621. The summed E-state index contributed by atoms with van der Waals surface area (Å²) in [4.78, 5) is 14.7. The summed E-state index contributed by atoms with van der Waals surface area (Å²) in [7, 11) is 0. The van der Waals surface area contributed by atoms with E-state index in [1.54, 1.807) is 9.91 Å². The van der Waals surface area contributed by atoms with Crippen molar-refractivity contribution in [3.8, 4) is 0 Å². The minimum Gasteiger partial charge on any atom is -0.449 e. The molecule has 0 bridgehead atoms. The van der Waals surface area contributed by atoms with Crippen molar-refractivity contribution < 1.29 is 18.3 Å². The number of likely N-dealkylation sites (tertiary alicyclic amines) is 1. The molecule has 6 nitrogen and oxygen atoms in total. The maximum absolute atomic E-state index is 14.4. The molecule has 2 saturated heterocycles. The summed E-state index contributed by atoms with van der Waals surface area (Å²) in [6.45, 7) is 4.29. The summed E-state index contributed by atoms with van der Waals surface area (Å²) in [5, 5.41) is 1.65. The highest BCUT2D eigenvalue weighted by atomic mass is 19.3. The highest BCUT2D eigenvalue weighted by Crippen LogP contribution is 2.32. The number of halogens is 2. The van der Waals surface area contributed by atoms with Gasteiger partial charge >= 0.3 is 6.09 Å². The number of nitrogens with zero attached hydrogens (tertiary/aromatic N) is 3. The van der Waals surface area contributed by atoms with Gasteiger partial charge in [-0.3, -0.25) is 10.7 Å². The summed E-state index contributed by atoms with van der Waals surface area (Å²) < 4.78 is 33.9. The molecule has 2 aliphatic heterocycles. The van der Waals surface area contributed by atoms with Crippen molar-refractivity contribution in [3.63, 3.8) is 0 Å². The number of amides is 1. The van der Waals surface area contributed by atoms with Crippen LogP contribution in [0, 0.1) is 0 Å². The Morgan fingerprint density at radius 3 is 2.55 bits per heavy atom. The number of piperazine rings is 1. The number of hydrogen-bond donors (Lipinski definition) is 1. The summed E-state index contributed by atoms with van der Waals surface area (Å²) in [6.07, 6.45) is 1.29. The van der Waals surface area contributed by atoms with Crippen LogP contribution in [0.2, 0.25) is 0 Å². The van der Waals surface area contributed by atoms with Crippen LogP contribution in [0.4, 0.5) is 13.6 Å². The number of carbonyl (C=O) groups excluding carboxylic acids is 1. The fraction of sp³-hybridized carbons (Fsp3) is 0.929. The van der Waals surface area contributed by atoms with E-state index in [2.05, 4.69) is 0 Å². The topological polar surface area (TPSA) is 62.0 Å². The maximum atomic E-state index is 14.4. The van der Waals surface area contributed by atoms with E-state index >= 15 is 0 Å². The molecule has 1 amide bonds. The average Bonchev–Trinajstić information content (AvgIpc) is 2.47. The Morgan fingerprint density at radius 1 is 1.27 bits per heavy atom. The number of carbonyl (C=O) groups is 1. The van der Waals surface area contributed by atoms with Crippen LogP contribution in [0.1, 0.15) is 26.2 Å². The molecule has 0 spiro atoms. The highest BCUT2D eigenvalue weighted by molar-refractivity contribution is 5.67. The fourth-order valence-corrected chi connectivity index (χ4v) is 2.98. The molecule has 0 aromatic rings.